The lowest BCUT2D eigenvalue weighted by Crippen LogP contribution is -2.53. The van der Waals surface area contributed by atoms with E-state index < -0.39 is 28.5 Å². The van der Waals surface area contributed by atoms with Crippen molar-refractivity contribution in [2.75, 3.05) is 36.9 Å². The molecule has 3 aromatic rings. The highest BCUT2D eigenvalue weighted by molar-refractivity contribution is 7.92. The minimum atomic E-state index is -3.89. The molecule has 0 unspecified atom stereocenters. The van der Waals surface area contributed by atoms with E-state index in [0.717, 1.165) is 15.4 Å². The second-order valence-corrected chi connectivity index (χ2v) is 11.8. The summed E-state index contributed by atoms with van der Waals surface area (Å²) in [5.41, 5.74) is 1.87. The number of carbonyl (C=O) groups is 2. The number of nitrogens with one attached hydrogen (secondary N) is 1. The van der Waals surface area contributed by atoms with E-state index in [1.54, 1.807) is 42.5 Å². The molecule has 1 N–H and O–H groups in total. The number of nitrogens with zero attached hydrogens (tertiary/aromatic N) is 2. The molecule has 1 heterocycles. The number of carbonyl (C=O) groups excluding carboxylic acids is 2. The van der Waals surface area contributed by atoms with E-state index in [-0.39, 0.29) is 30.3 Å². The van der Waals surface area contributed by atoms with E-state index in [4.69, 9.17) is 21.1 Å². The highest BCUT2D eigenvalue weighted by Crippen LogP contribution is 2.35. The maximum absolute atomic E-state index is 14.1. The van der Waals surface area contributed by atoms with Gasteiger partial charge in [0.2, 0.25) is 21.8 Å². The second-order valence-electron chi connectivity index (χ2n) is 9.20. The van der Waals surface area contributed by atoms with Gasteiger partial charge in [0, 0.05) is 31.1 Å². The molecule has 0 bridgehead atoms. The molecule has 0 fully saturated rings. The highest BCUT2D eigenvalue weighted by Gasteiger charge is 2.33. The first-order valence-electron chi connectivity index (χ1n) is 12.9. The number of anilines is 1. The minimum absolute atomic E-state index is 0.0715. The predicted molar refractivity (Wildman–Crippen MR) is 154 cm³/mol. The molecule has 1 atom stereocenters. The van der Waals surface area contributed by atoms with Crippen LogP contribution in [0.5, 0.6) is 11.5 Å². The summed E-state index contributed by atoms with van der Waals surface area (Å²) < 4.78 is 38.8. The van der Waals surface area contributed by atoms with Gasteiger partial charge in [-0.25, -0.2) is 8.42 Å². The van der Waals surface area contributed by atoms with Gasteiger partial charge in [-0.2, -0.15) is 0 Å². The van der Waals surface area contributed by atoms with Gasteiger partial charge < -0.3 is 19.7 Å². The van der Waals surface area contributed by atoms with Gasteiger partial charge in [-0.05, 0) is 42.3 Å². The number of likely N-dealkylation sites (N-methyl/N-ethyl adjacent to an activating group) is 1. The van der Waals surface area contributed by atoms with Crippen molar-refractivity contribution in [1.82, 2.24) is 10.2 Å². The Labute approximate surface area is 239 Å². The van der Waals surface area contributed by atoms with Crippen molar-refractivity contribution in [3.8, 4) is 11.5 Å². The standard InChI is InChI=1S/C29H32ClN3O6S/c1-3-40(36,37)33(24-13-14-26-27(18-24)39-16-15-38-26)20-28(34)32(19-22-9-11-23(30)12-10-22)25(29(35)31-2)17-21-7-5-4-6-8-21/h4-14,18,25H,3,15-17,19-20H2,1-2H3,(H,31,35)/t25-/m0/s1. The van der Waals surface area contributed by atoms with Gasteiger partial charge in [-0.15, -0.1) is 0 Å². The molecule has 0 aromatic heterocycles. The topological polar surface area (TPSA) is 105 Å². The third kappa shape index (κ3) is 7.05. The lowest BCUT2D eigenvalue weighted by Gasteiger charge is -2.33. The predicted octanol–water partition coefficient (Wildman–Crippen LogP) is 3.65. The molecule has 2 amide bonds. The summed E-state index contributed by atoms with van der Waals surface area (Å²) in [4.78, 5) is 28.7. The SMILES string of the molecule is CCS(=O)(=O)N(CC(=O)N(Cc1ccc(Cl)cc1)[C@@H](Cc1ccccc1)C(=O)NC)c1ccc2c(c1)OCCO2. The van der Waals surface area contributed by atoms with Crippen LogP contribution in [-0.2, 0) is 32.6 Å². The highest BCUT2D eigenvalue weighted by atomic mass is 35.5. The Kier molecular flexibility index (Phi) is 9.54. The van der Waals surface area contributed by atoms with E-state index in [1.165, 1.54) is 18.9 Å². The maximum Gasteiger partial charge on any atom is 0.244 e. The molecule has 0 spiro atoms. The average Bonchev–Trinajstić information content (AvgIpc) is 2.98. The fourth-order valence-electron chi connectivity index (χ4n) is 4.41. The monoisotopic (exact) mass is 585 g/mol. The lowest BCUT2D eigenvalue weighted by molar-refractivity contribution is -0.139. The number of hydrogen-bond acceptors (Lipinski definition) is 6. The number of sulfonamides is 1. The summed E-state index contributed by atoms with van der Waals surface area (Å²) in [5.74, 6) is -0.226. The first-order chi connectivity index (χ1) is 19.2. The number of fused-ring (bicyclic) bond motifs is 1. The number of ether oxygens (including phenoxy) is 2. The van der Waals surface area contributed by atoms with E-state index in [1.807, 2.05) is 30.3 Å². The molecule has 1 aliphatic rings. The fraction of sp³-hybridized carbons (Fsp3) is 0.310. The van der Waals surface area contributed by atoms with Crippen LogP contribution in [0.1, 0.15) is 18.1 Å². The zero-order valence-corrected chi connectivity index (χ0v) is 24.0. The quantitative estimate of drug-likeness (QED) is 0.368. The third-order valence-corrected chi connectivity index (χ3v) is 8.57. The Morgan fingerprint density at radius 1 is 0.950 bits per heavy atom. The Morgan fingerprint density at radius 2 is 1.62 bits per heavy atom. The van der Waals surface area contributed by atoms with Gasteiger partial charge in [-0.1, -0.05) is 54.1 Å². The van der Waals surface area contributed by atoms with E-state index in [2.05, 4.69) is 5.32 Å². The summed E-state index contributed by atoms with van der Waals surface area (Å²) in [7, 11) is -2.38. The number of hydrogen-bond donors (Lipinski definition) is 1. The van der Waals surface area contributed by atoms with Crippen molar-refractivity contribution in [3.63, 3.8) is 0 Å². The summed E-state index contributed by atoms with van der Waals surface area (Å²) in [6, 6.07) is 20.2. The summed E-state index contributed by atoms with van der Waals surface area (Å²) in [6.45, 7) is 1.80. The van der Waals surface area contributed by atoms with Crippen LogP contribution in [0, 0.1) is 0 Å². The molecule has 212 valence electrons. The maximum atomic E-state index is 14.1. The van der Waals surface area contributed by atoms with Crippen molar-refractivity contribution < 1.29 is 27.5 Å². The molecule has 0 saturated heterocycles. The van der Waals surface area contributed by atoms with Crippen molar-refractivity contribution in [3.05, 3.63) is 88.9 Å². The van der Waals surface area contributed by atoms with Gasteiger partial charge in [-0.3, -0.25) is 13.9 Å². The van der Waals surface area contributed by atoms with Crippen molar-refractivity contribution in [2.24, 2.45) is 0 Å². The second kappa shape index (κ2) is 13.1. The van der Waals surface area contributed by atoms with Crippen LogP contribution < -0.4 is 19.1 Å². The Morgan fingerprint density at radius 3 is 2.27 bits per heavy atom. The Bertz CT molecular complexity index is 1430. The molecule has 0 aliphatic carbocycles. The zero-order chi connectivity index (χ0) is 28.7. The van der Waals surface area contributed by atoms with E-state index in [0.29, 0.717) is 29.7 Å². The summed E-state index contributed by atoms with van der Waals surface area (Å²) in [5, 5.41) is 3.19. The molecular formula is C29H32ClN3O6S. The van der Waals surface area contributed by atoms with Crippen molar-refractivity contribution >= 4 is 39.1 Å². The number of benzene rings is 3. The number of halogens is 1. The molecule has 1 aliphatic heterocycles. The van der Waals surface area contributed by atoms with Gasteiger partial charge in [0.05, 0.1) is 11.4 Å². The van der Waals surface area contributed by atoms with Crippen LogP contribution in [0.25, 0.3) is 0 Å². The molecular weight excluding hydrogens is 554 g/mol. The van der Waals surface area contributed by atoms with Crippen LogP contribution in [0.15, 0.2) is 72.8 Å². The minimum Gasteiger partial charge on any atom is -0.486 e. The lowest BCUT2D eigenvalue weighted by atomic mass is 10.0. The fourth-order valence-corrected chi connectivity index (χ4v) is 5.59. The Balaban J connectivity index is 1.72. The summed E-state index contributed by atoms with van der Waals surface area (Å²) >= 11 is 6.07. The van der Waals surface area contributed by atoms with Gasteiger partial charge in [0.15, 0.2) is 11.5 Å². The molecule has 4 rings (SSSR count). The first-order valence-corrected chi connectivity index (χ1v) is 14.9. The zero-order valence-electron chi connectivity index (χ0n) is 22.4. The normalized spacial score (nSPS) is 13.3. The first kappa shape index (κ1) is 29.2. The molecule has 11 heteroatoms. The van der Waals surface area contributed by atoms with Gasteiger partial charge in [0.25, 0.3) is 0 Å². The van der Waals surface area contributed by atoms with Crippen molar-refractivity contribution in [1.29, 1.82) is 0 Å². The number of amides is 2. The van der Waals surface area contributed by atoms with E-state index >= 15 is 0 Å². The summed E-state index contributed by atoms with van der Waals surface area (Å²) in [6.07, 6.45) is 0.240. The van der Waals surface area contributed by atoms with Crippen LogP contribution in [0.3, 0.4) is 0 Å². The number of rotatable bonds is 11. The third-order valence-electron chi connectivity index (χ3n) is 6.58. The van der Waals surface area contributed by atoms with Gasteiger partial charge >= 0.3 is 0 Å². The smallest absolute Gasteiger partial charge is 0.244 e. The van der Waals surface area contributed by atoms with Gasteiger partial charge in [0.1, 0.15) is 25.8 Å². The largest absolute Gasteiger partial charge is 0.486 e. The van der Waals surface area contributed by atoms with Crippen LogP contribution in [0.2, 0.25) is 5.02 Å². The van der Waals surface area contributed by atoms with Crippen LogP contribution in [-0.4, -0.2) is 63.7 Å². The molecule has 3 aromatic carbocycles. The van der Waals surface area contributed by atoms with Crippen LogP contribution in [0.4, 0.5) is 5.69 Å². The van der Waals surface area contributed by atoms with E-state index in [9.17, 15) is 18.0 Å². The average molecular weight is 586 g/mol. The molecule has 0 radical (unpaired) electrons. The van der Waals surface area contributed by atoms with Crippen LogP contribution >= 0.6 is 11.6 Å². The Hall–Kier alpha value is -3.76. The van der Waals surface area contributed by atoms with Crippen molar-refractivity contribution in [2.45, 2.75) is 25.9 Å². The molecule has 9 nitrogen and oxygen atoms in total. The molecule has 0 saturated carbocycles. The molecule has 40 heavy (non-hydrogen) atoms.